The number of carbonyl (C=O) groups is 1. The predicted octanol–water partition coefficient (Wildman–Crippen LogP) is 5.39. The molecule has 190 valence electrons. The van der Waals surface area contributed by atoms with E-state index >= 15 is 4.39 Å². The van der Waals surface area contributed by atoms with Crippen molar-refractivity contribution >= 4 is 29.2 Å². The van der Waals surface area contributed by atoms with E-state index in [9.17, 15) is 4.79 Å². The monoisotopic (exact) mass is 523 g/mol. The third-order valence-electron chi connectivity index (χ3n) is 6.26. The standard InChI is InChI=1S/C26H23ClFN5O4/c1-26(2,3)37-25(34)32-10-16-18(28)6-7-19-21(16)14(11-35-19)12-36-20-9-15(22-17(27)5-4-8-29-22)23-31-30-13-33(23)24(20)32/h4-9,13-14H,10-12H2,1-3H3/t14-/m1/s1. The Labute approximate surface area is 216 Å². The number of hydrogen-bond donors (Lipinski definition) is 0. The molecule has 3 aromatic heterocycles. The van der Waals surface area contributed by atoms with E-state index in [1.807, 2.05) is 0 Å². The molecule has 1 atom stereocenters. The highest BCUT2D eigenvalue weighted by molar-refractivity contribution is 6.33. The number of carbonyl (C=O) groups excluding carboxylic acids is 1. The summed E-state index contributed by atoms with van der Waals surface area (Å²) >= 11 is 6.47. The SMILES string of the molecule is CC(C)(C)OC(=O)N1Cc2c(F)ccc3c2[C@H](CO3)COc2cc(-c3ncccc3Cl)c3nncn3c21. The summed E-state index contributed by atoms with van der Waals surface area (Å²) in [5, 5.41) is 8.78. The van der Waals surface area contributed by atoms with E-state index in [-0.39, 0.29) is 19.1 Å². The van der Waals surface area contributed by atoms with Crippen LogP contribution in [0.1, 0.15) is 37.8 Å². The molecule has 0 spiro atoms. The van der Waals surface area contributed by atoms with Crippen molar-refractivity contribution in [1.82, 2.24) is 19.6 Å². The summed E-state index contributed by atoms with van der Waals surface area (Å²) in [4.78, 5) is 19.4. The minimum atomic E-state index is -0.799. The first-order chi connectivity index (χ1) is 17.7. The Kier molecular flexibility index (Phi) is 5.45. The number of amides is 1. The van der Waals surface area contributed by atoms with E-state index in [0.717, 1.165) is 0 Å². The lowest BCUT2D eigenvalue weighted by Crippen LogP contribution is -2.38. The third-order valence-corrected chi connectivity index (χ3v) is 6.57. The summed E-state index contributed by atoms with van der Waals surface area (Å²) in [7, 11) is 0. The van der Waals surface area contributed by atoms with Gasteiger partial charge in [-0.15, -0.1) is 10.2 Å². The second kappa shape index (κ2) is 8.58. The highest BCUT2D eigenvalue weighted by atomic mass is 35.5. The van der Waals surface area contributed by atoms with Crippen LogP contribution in [-0.2, 0) is 11.3 Å². The van der Waals surface area contributed by atoms with Gasteiger partial charge >= 0.3 is 6.09 Å². The van der Waals surface area contributed by atoms with Gasteiger partial charge in [-0.1, -0.05) is 11.6 Å². The molecule has 2 aliphatic rings. The fraction of sp³-hybridized carbons (Fsp3) is 0.308. The zero-order valence-corrected chi connectivity index (χ0v) is 21.1. The third kappa shape index (κ3) is 4.01. The summed E-state index contributed by atoms with van der Waals surface area (Å²) in [5.41, 5.74) is 1.69. The molecule has 2 aliphatic heterocycles. The average molecular weight is 524 g/mol. The van der Waals surface area contributed by atoms with Crippen molar-refractivity contribution in [3.05, 3.63) is 64.8 Å². The highest BCUT2D eigenvalue weighted by Gasteiger charge is 2.37. The summed E-state index contributed by atoms with van der Waals surface area (Å²) < 4.78 is 34.8. The Hall–Kier alpha value is -3.92. The van der Waals surface area contributed by atoms with Gasteiger partial charge in [-0.05, 0) is 51.1 Å². The lowest BCUT2D eigenvalue weighted by molar-refractivity contribution is 0.0574. The normalized spacial score (nSPS) is 16.7. The zero-order valence-electron chi connectivity index (χ0n) is 20.4. The van der Waals surface area contributed by atoms with Crippen molar-refractivity contribution in [2.24, 2.45) is 0 Å². The number of benzene rings is 1. The highest BCUT2D eigenvalue weighted by Crippen LogP contribution is 2.44. The lowest BCUT2D eigenvalue weighted by Gasteiger charge is -2.29. The Morgan fingerprint density at radius 1 is 1.19 bits per heavy atom. The Bertz CT molecular complexity index is 1550. The number of ether oxygens (including phenoxy) is 3. The summed E-state index contributed by atoms with van der Waals surface area (Å²) in [6, 6.07) is 8.15. The molecule has 0 fully saturated rings. The molecular formula is C26H23ClFN5O4. The number of aromatic nitrogens is 4. The van der Waals surface area contributed by atoms with Gasteiger partial charge < -0.3 is 14.2 Å². The maximum absolute atomic E-state index is 15.3. The topological polar surface area (TPSA) is 91.1 Å². The molecule has 0 bridgehead atoms. The van der Waals surface area contributed by atoms with Gasteiger partial charge in [0.1, 0.15) is 23.5 Å². The van der Waals surface area contributed by atoms with Gasteiger partial charge in [0.05, 0.1) is 42.0 Å². The van der Waals surface area contributed by atoms with E-state index in [0.29, 0.717) is 57.0 Å². The van der Waals surface area contributed by atoms with Gasteiger partial charge in [0, 0.05) is 17.3 Å². The van der Waals surface area contributed by atoms with Gasteiger partial charge in [0.25, 0.3) is 0 Å². The largest absolute Gasteiger partial charge is 0.493 e. The lowest BCUT2D eigenvalue weighted by atomic mass is 9.95. The van der Waals surface area contributed by atoms with Crippen molar-refractivity contribution in [2.45, 2.75) is 38.8 Å². The number of pyridine rings is 2. The Morgan fingerprint density at radius 3 is 2.73 bits per heavy atom. The Balaban J connectivity index is 1.61. The second-order valence-corrected chi connectivity index (χ2v) is 10.3. The first-order valence-electron chi connectivity index (χ1n) is 11.8. The molecule has 4 aromatic rings. The van der Waals surface area contributed by atoms with Gasteiger partial charge in [-0.25, -0.2) is 9.18 Å². The van der Waals surface area contributed by atoms with Crippen molar-refractivity contribution in [3.63, 3.8) is 0 Å². The van der Waals surface area contributed by atoms with Crippen LogP contribution in [-0.4, -0.2) is 44.5 Å². The van der Waals surface area contributed by atoms with Crippen LogP contribution in [0.15, 0.2) is 42.9 Å². The van der Waals surface area contributed by atoms with Crippen molar-refractivity contribution in [2.75, 3.05) is 18.1 Å². The van der Waals surface area contributed by atoms with E-state index in [4.69, 9.17) is 25.8 Å². The van der Waals surface area contributed by atoms with E-state index < -0.39 is 17.5 Å². The summed E-state index contributed by atoms with van der Waals surface area (Å²) in [6.45, 7) is 5.72. The van der Waals surface area contributed by atoms with E-state index in [2.05, 4.69) is 15.2 Å². The quantitative estimate of drug-likeness (QED) is 0.330. The molecule has 6 rings (SSSR count). The van der Waals surface area contributed by atoms with Crippen molar-refractivity contribution in [3.8, 4) is 22.8 Å². The van der Waals surface area contributed by atoms with E-state index in [1.54, 1.807) is 55.6 Å². The zero-order chi connectivity index (χ0) is 25.9. The minimum Gasteiger partial charge on any atom is -0.493 e. The maximum Gasteiger partial charge on any atom is 0.416 e. The minimum absolute atomic E-state index is 0.114. The van der Waals surface area contributed by atoms with Gasteiger partial charge in [0.15, 0.2) is 17.2 Å². The predicted molar refractivity (Wildman–Crippen MR) is 134 cm³/mol. The fourth-order valence-electron chi connectivity index (χ4n) is 4.73. The smallest absolute Gasteiger partial charge is 0.416 e. The van der Waals surface area contributed by atoms with E-state index in [1.165, 1.54) is 17.3 Å². The molecule has 0 radical (unpaired) electrons. The van der Waals surface area contributed by atoms with Crippen LogP contribution in [0.4, 0.5) is 15.0 Å². The summed E-state index contributed by atoms with van der Waals surface area (Å²) in [6.07, 6.45) is 2.42. The van der Waals surface area contributed by atoms with Crippen LogP contribution in [0, 0.1) is 5.82 Å². The molecule has 9 nitrogen and oxygen atoms in total. The number of rotatable bonds is 1. The number of fused-ring (bicyclic) bond motifs is 3. The van der Waals surface area contributed by atoms with Gasteiger partial charge in [-0.3, -0.25) is 14.3 Å². The van der Waals surface area contributed by atoms with Crippen LogP contribution in [0.3, 0.4) is 0 Å². The molecule has 1 amide bonds. The molecule has 37 heavy (non-hydrogen) atoms. The number of anilines is 1. The number of nitrogens with zero attached hydrogens (tertiary/aromatic N) is 5. The second-order valence-electron chi connectivity index (χ2n) is 9.93. The Morgan fingerprint density at radius 2 is 1.97 bits per heavy atom. The van der Waals surface area contributed by atoms with Crippen LogP contribution in [0.25, 0.3) is 16.9 Å². The molecule has 11 heteroatoms. The summed E-state index contributed by atoms with van der Waals surface area (Å²) in [5.74, 6) is 0.559. The fourth-order valence-corrected chi connectivity index (χ4v) is 4.95. The van der Waals surface area contributed by atoms with Gasteiger partial charge in [-0.2, -0.15) is 0 Å². The number of halogens is 2. The first kappa shape index (κ1) is 23.5. The molecule has 0 N–H and O–H groups in total. The first-order valence-corrected chi connectivity index (χ1v) is 12.1. The number of hydrogen-bond acceptors (Lipinski definition) is 7. The molecule has 0 unspecified atom stereocenters. The van der Waals surface area contributed by atoms with Crippen molar-refractivity contribution < 1.29 is 23.4 Å². The van der Waals surface area contributed by atoms with Crippen molar-refractivity contribution in [1.29, 1.82) is 0 Å². The molecule has 0 saturated carbocycles. The molecule has 0 aliphatic carbocycles. The average Bonchev–Trinajstić information content (AvgIpc) is 3.49. The molecular weight excluding hydrogens is 501 g/mol. The van der Waals surface area contributed by atoms with Crippen LogP contribution >= 0.6 is 11.6 Å². The van der Waals surface area contributed by atoms with Gasteiger partial charge in [0.2, 0.25) is 0 Å². The van der Waals surface area contributed by atoms with Crippen LogP contribution in [0.5, 0.6) is 11.5 Å². The van der Waals surface area contributed by atoms with Crippen LogP contribution < -0.4 is 14.4 Å². The molecule has 1 aromatic carbocycles. The maximum atomic E-state index is 15.3. The molecule has 5 heterocycles. The van der Waals surface area contributed by atoms with Crippen LogP contribution in [0.2, 0.25) is 5.02 Å². The molecule has 0 saturated heterocycles.